The minimum Gasteiger partial charge on any atom is -0.394 e. The van der Waals surface area contributed by atoms with Crippen molar-refractivity contribution in [2.24, 2.45) is 0 Å². The Bertz CT molecular complexity index is 585. The molecule has 2 N–H and O–H groups in total. The topological polar surface area (TPSA) is 80.0 Å². The number of nitrogens with zero attached hydrogens (tertiary/aromatic N) is 3. The van der Waals surface area contributed by atoms with Crippen LogP contribution in [0.4, 0.5) is 0 Å². The minimum atomic E-state index is -0.380. The van der Waals surface area contributed by atoms with Gasteiger partial charge in [0.05, 0.1) is 18.5 Å². The van der Waals surface area contributed by atoms with Crippen molar-refractivity contribution in [3.8, 4) is 5.69 Å². The Kier molecular flexibility index (Phi) is 4.13. The largest absolute Gasteiger partial charge is 0.394 e. The Labute approximate surface area is 115 Å². The number of benzene rings is 1. The summed E-state index contributed by atoms with van der Waals surface area (Å²) < 4.78 is 0. The highest BCUT2D eigenvalue weighted by Gasteiger charge is 2.13. The molecule has 0 aliphatic rings. The lowest BCUT2D eigenvalue weighted by Crippen LogP contribution is -2.35. The zero-order valence-corrected chi connectivity index (χ0v) is 11.0. The predicted molar refractivity (Wildman–Crippen MR) is 70.4 cm³/mol. The van der Waals surface area contributed by atoms with Gasteiger partial charge in [-0.2, -0.15) is 9.90 Å². The Morgan fingerprint density at radius 3 is 3.05 bits per heavy atom. The second-order valence-electron chi connectivity index (χ2n) is 4.06. The third-order valence-corrected chi connectivity index (χ3v) is 2.65. The summed E-state index contributed by atoms with van der Waals surface area (Å²) >= 11 is 5.88. The van der Waals surface area contributed by atoms with Crippen LogP contribution in [0.1, 0.15) is 17.4 Å². The molecule has 0 saturated carbocycles. The predicted octanol–water partition coefficient (Wildman–Crippen LogP) is 1.03. The Hall–Kier alpha value is -1.92. The number of hydrogen-bond acceptors (Lipinski definition) is 4. The van der Waals surface area contributed by atoms with E-state index in [9.17, 15) is 4.79 Å². The molecule has 19 heavy (non-hydrogen) atoms. The maximum Gasteiger partial charge on any atom is 0.273 e. The highest BCUT2D eigenvalue weighted by Crippen LogP contribution is 2.13. The van der Waals surface area contributed by atoms with Crippen LogP contribution in [0.25, 0.3) is 5.69 Å². The zero-order chi connectivity index (χ0) is 13.8. The Balaban J connectivity index is 2.17. The lowest BCUT2D eigenvalue weighted by Gasteiger charge is -2.08. The lowest BCUT2D eigenvalue weighted by atomic mass is 10.3. The van der Waals surface area contributed by atoms with Crippen LogP contribution >= 0.6 is 11.6 Å². The summed E-state index contributed by atoms with van der Waals surface area (Å²) in [6.07, 6.45) is 1.36. The van der Waals surface area contributed by atoms with Crippen molar-refractivity contribution in [1.82, 2.24) is 20.3 Å². The zero-order valence-electron chi connectivity index (χ0n) is 10.2. The van der Waals surface area contributed by atoms with E-state index in [0.717, 1.165) is 0 Å². The highest BCUT2D eigenvalue weighted by molar-refractivity contribution is 6.30. The molecule has 1 aromatic carbocycles. The molecule has 0 aliphatic heterocycles. The van der Waals surface area contributed by atoms with E-state index in [4.69, 9.17) is 16.7 Å². The molecule has 100 valence electrons. The summed E-state index contributed by atoms with van der Waals surface area (Å²) in [5.74, 6) is -0.380. The Morgan fingerprint density at radius 1 is 1.58 bits per heavy atom. The lowest BCUT2D eigenvalue weighted by molar-refractivity contribution is 0.0917. The van der Waals surface area contributed by atoms with E-state index in [-0.39, 0.29) is 24.2 Å². The molecule has 0 saturated heterocycles. The quantitative estimate of drug-likeness (QED) is 0.877. The first-order valence-corrected chi connectivity index (χ1v) is 6.08. The first-order chi connectivity index (χ1) is 9.10. The van der Waals surface area contributed by atoms with Gasteiger partial charge in [-0.3, -0.25) is 4.79 Å². The van der Waals surface area contributed by atoms with Crippen molar-refractivity contribution >= 4 is 17.5 Å². The number of aliphatic hydroxyl groups is 1. The SMILES string of the molecule is CC(CO)NC(=O)c1cnn(-c2cccc(Cl)c2)n1. The third kappa shape index (κ3) is 3.30. The molecule has 1 amide bonds. The molecule has 2 aromatic rings. The molecule has 1 heterocycles. The summed E-state index contributed by atoms with van der Waals surface area (Å²) in [4.78, 5) is 13.1. The maximum atomic E-state index is 11.8. The van der Waals surface area contributed by atoms with Gasteiger partial charge in [0.15, 0.2) is 5.69 Å². The van der Waals surface area contributed by atoms with Crippen molar-refractivity contribution < 1.29 is 9.90 Å². The molecule has 1 atom stereocenters. The molecule has 2 rings (SSSR count). The van der Waals surface area contributed by atoms with Crippen LogP contribution in [-0.4, -0.2) is 38.7 Å². The summed E-state index contributed by atoms with van der Waals surface area (Å²) in [5.41, 5.74) is 0.849. The van der Waals surface area contributed by atoms with E-state index < -0.39 is 0 Å². The van der Waals surface area contributed by atoms with Crippen LogP contribution in [0.3, 0.4) is 0 Å². The number of nitrogens with one attached hydrogen (secondary N) is 1. The molecule has 0 spiro atoms. The van der Waals surface area contributed by atoms with Crippen LogP contribution in [0.2, 0.25) is 5.02 Å². The van der Waals surface area contributed by atoms with Gasteiger partial charge in [0.1, 0.15) is 0 Å². The van der Waals surface area contributed by atoms with E-state index in [1.165, 1.54) is 11.0 Å². The molecule has 0 aliphatic carbocycles. The van der Waals surface area contributed by atoms with Gasteiger partial charge in [0, 0.05) is 11.1 Å². The number of rotatable bonds is 4. The summed E-state index contributed by atoms with van der Waals surface area (Å²) in [5, 5.41) is 20.1. The van der Waals surface area contributed by atoms with Crippen LogP contribution in [0, 0.1) is 0 Å². The van der Waals surface area contributed by atoms with Gasteiger partial charge in [-0.15, -0.1) is 5.10 Å². The van der Waals surface area contributed by atoms with Gasteiger partial charge >= 0.3 is 0 Å². The molecule has 0 bridgehead atoms. The smallest absolute Gasteiger partial charge is 0.273 e. The van der Waals surface area contributed by atoms with E-state index >= 15 is 0 Å². The van der Waals surface area contributed by atoms with Crippen LogP contribution in [-0.2, 0) is 0 Å². The molecule has 1 unspecified atom stereocenters. The molecule has 0 radical (unpaired) electrons. The van der Waals surface area contributed by atoms with Crippen LogP contribution < -0.4 is 5.32 Å². The number of hydrogen-bond donors (Lipinski definition) is 2. The van der Waals surface area contributed by atoms with E-state index in [1.807, 2.05) is 0 Å². The number of aliphatic hydroxyl groups excluding tert-OH is 1. The van der Waals surface area contributed by atoms with E-state index in [0.29, 0.717) is 10.7 Å². The fourth-order valence-electron chi connectivity index (χ4n) is 1.44. The summed E-state index contributed by atoms with van der Waals surface area (Å²) in [6, 6.07) is 6.66. The third-order valence-electron chi connectivity index (χ3n) is 2.41. The molecular formula is C12H13ClN4O2. The van der Waals surface area contributed by atoms with Crippen LogP contribution in [0.15, 0.2) is 30.5 Å². The van der Waals surface area contributed by atoms with Crippen molar-refractivity contribution in [2.45, 2.75) is 13.0 Å². The van der Waals surface area contributed by atoms with Crippen molar-refractivity contribution in [2.75, 3.05) is 6.61 Å². The summed E-state index contributed by atoms with van der Waals surface area (Å²) in [6.45, 7) is 1.56. The second-order valence-corrected chi connectivity index (χ2v) is 4.49. The minimum absolute atomic E-state index is 0.131. The maximum absolute atomic E-state index is 11.8. The first-order valence-electron chi connectivity index (χ1n) is 5.70. The van der Waals surface area contributed by atoms with Gasteiger partial charge < -0.3 is 10.4 Å². The molecule has 6 nitrogen and oxygen atoms in total. The summed E-state index contributed by atoms with van der Waals surface area (Å²) in [7, 11) is 0. The normalized spacial score (nSPS) is 12.2. The monoisotopic (exact) mass is 280 g/mol. The number of amides is 1. The average molecular weight is 281 g/mol. The molecular weight excluding hydrogens is 268 g/mol. The van der Waals surface area contributed by atoms with Gasteiger partial charge in [-0.05, 0) is 25.1 Å². The number of carbonyl (C=O) groups is 1. The van der Waals surface area contributed by atoms with E-state index in [2.05, 4.69) is 15.5 Å². The number of carbonyl (C=O) groups excluding carboxylic acids is 1. The van der Waals surface area contributed by atoms with Crippen molar-refractivity contribution in [1.29, 1.82) is 0 Å². The fraction of sp³-hybridized carbons (Fsp3) is 0.250. The van der Waals surface area contributed by atoms with Crippen LogP contribution in [0.5, 0.6) is 0 Å². The number of halogens is 1. The van der Waals surface area contributed by atoms with Gasteiger partial charge in [-0.1, -0.05) is 17.7 Å². The van der Waals surface area contributed by atoms with Crippen molar-refractivity contribution in [3.05, 3.63) is 41.2 Å². The van der Waals surface area contributed by atoms with Gasteiger partial charge in [0.2, 0.25) is 0 Å². The average Bonchev–Trinajstić information content (AvgIpc) is 2.88. The Morgan fingerprint density at radius 2 is 2.37 bits per heavy atom. The second kappa shape index (κ2) is 5.81. The first kappa shape index (κ1) is 13.5. The van der Waals surface area contributed by atoms with Gasteiger partial charge in [-0.25, -0.2) is 0 Å². The van der Waals surface area contributed by atoms with Gasteiger partial charge in [0.25, 0.3) is 5.91 Å². The van der Waals surface area contributed by atoms with E-state index in [1.54, 1.807) is 31.2 Å². The standard InChI is InChI=1S/C12H13ClN4O2/c1-8(7-18)15-12(19)11-6-14-17(16-11)10-4-2-3-9(13)5-10/h2-6,8,18H,7H2,1H3,(H,15,19). The fourth-order valence-corrected chi connectivity index (χ4v) is 1.62. The molecule has 1 aromatic heterocycles. The molecule has 7 heteroatoms. The molecule has 0 fully saturated rings. The van der Waals surface area contributed by atoms with Crippen molar-refractivity contribution in [3.63, 3.8) is 0 Å². The number of aromatic nitrogens is 3. The highest BCUT2D eigenvalue weighted by atomic mass is 35.5.